The van der Waals surface area contributed by atoms with Crippen molar-refractivity contribution in [2.75, 3.05) is 20.6 Å². The number of rotatable bonds is 2. The van der Waals surface area contributed by atoms with Crippen LogP contribution >= 0.6 is 28.3 Å². The molecule has 1 aliphatic carbocycles. The monoisotopic (exact) mass is 345 g/mol. The van der Waals surface area contributed by atoms with E-state index in [2.05, 4.69) is 53.1 Å². The first-order valence-corrected chi connectivity index (χ1v) is 7.50. The summed E-state index contributed by atoms with van der Waals surface area (Å²) in [4.78, 5) is 2.29. The van der Waals surface area contributed by atoms with Gasteiger partial charge in [-0.3, -0.25) is 0 Å². The Hall–Kier alpha value is -0.250. The van der Waals surface area contributed by atoms with Gasteiger partial charge in [-0.25, -0.2) is 0 Å². The molecule has 0 saturated heterocycles. The van der Waals surface area contributed by atoms with Gasteiger partial charge < -0.3 is 9.64 Å². The molecule has 1 aromatic carbocycles. The van der Waals surface area contributed by atoms with Crippen molar-refractivity contribution in [2.24, 2.45) is 5.92 Å². The average Bonchev–Trinajstić information content (AvgIpc) is 2.83. The van der Waals surface area contributed by atoms with E-state index >= 15 is 0 Å². The fourth-order valence-electron chi connectivity index (χ4n) is 3.54. The molecule has 0 aromatic heterocycles. The van der Waals surface area contributed by atoms with Crippen LogP contribution in [0.2, 0.25) is 0 Å². The van der Waals surface area contributed by atoms with Gasteiger partial charge >= 0.3 is 0 Å². The highest BCUT2D eigenvalue weighted by Crippen LogP contribution is 2.48. The van der Waals surface area contributed by atoms with Crippen LogP contribution in [-0.4, -0.2) is 31.1 Å². The minimum Gasteiger partial charge on any atom is -0.486 e. The molecule has 1 fully saturated rings. The van der Waals surface area contributed by atoms with E-state index in [0.717, 1.165) is 23.2 Å². The summed E-state index contributed by atoms with van der Waals surface area (Å²) in [5, 5.41) is 0. The fourth-order valence-corrected chi connectivity index (χ4v) is 3.95. The minimum absolute atomic E-state index is 0. The van der Waals surface area contributed by atoms with Crippen LogP contribution in [0.3, 0.4) is 0 Å². The summed E-state index contributed by atoms with van der Waals surface area (Å²) in [6.45, 7) is 1.13. The zero-order valence-corrected chi connectivity index (χ0v) is 13.9. The first kappa shape index (κ1) is 15.1. The third-order valence-corrected chi connectivity index (χ3v) is 4.80. The van der Waals surface area contributed by atoms with Gasteiger partial charge in [0.05, 0.1) is 0 Å². The van der Waals surface area contributed by atoms with E-state index in [0.29, 0.717) is 5.92 Å². The van der Waals surface area contributed by atoms with Crippen molar-refractivity contribution in [3.63, 3.8) is 0 Å². The van der Waals surface area contributed by atoms with Crippen molar-refractivity contribution >= 4 is 28.3 Å². The lowest BCUT2D eigenvalue weighted by atomic mass is 9.86. The third-order valence-electron chi connectivity index (χ3n) is 4.31. The zero-order chi connectivity index (χ0) is 12.8. The van der Waals surface area contributed by atoms with Crippen LogP contribution in [0, 0.1) is 5.92 Å². The molecule has 2 aliphatic rings. The lowest BCUT2D eigenvalue weighted by Crippen LogP contribution is -2.42. The topological polar surface area (TPSA) is 12.5 Å². The van der Waals surface area contributed by atoms with Crippen LogP contribution in [0.25, 0.3) is 0 Å². The highest BCUT2D eigenvalue weighted by Gasteiger charge is 2.48. The second-order valence-electron chi connectivity index (χ2n) is 5.95. The van der Waals surface area contributed by atoms with Crippen molar-refractivity contribution in [3.05, 3.63) is 28.2 Å². The predicted molar refractivity (Wildman–Crippen MR) is 84.3 cm³/mol. The van der Waals surface area contributed by atoms with Gasteiger partial charge in [-0.2, -0.15) is 0 Å². The van der Waals surface area contributed by atoms with E-state index in [-0.39, 0.29) is 18.0 Å². The number of hydrogen-bond acceptors (Lipinski definition) is 2. The van der Waals surface area contributed by atoms with E-state index in [4.69, 9.17) is 4.74 Å². The summed E-state index contributed by atoms with van der Waals surface area (Å²) in [5.41, 5.74) is 1.45. The summed E-state index contributed by atoms with van der Waals surface area (Å²) < 4.78 is 7.53. The van der Waals surface area contributed by atoms with E-state index < -0.39 is 0 Å². The highest BCUT2D eigenvalue weighted by atomic mass is 79.9. The largest absolute Gasteiger partial charge is 0.486 e. The molecule has 0 unspecified atom stereocenters. The van der Waals surface area contributed by atoms with Gasteiger partial charge in [0.1, 0.15) is 11.4 Å². The van der Waals surface area contributed by atoms with Gasteiger partial charge in [-0.15, -0.1) is 12.4 Å². The van der Waals surface area contributed by atoms with Gasteiger partial charge in [0.15, 0.2) is 0 Å². The van der Waals surface area contributed by atoms with Crippen molar-refractivity contribution < 1.29 is 4.74 Å². The van der Waals surface area contributed by atoms with E-state index in [1.165, 1.54) is 24.8 Å². The molecular formula is C15H21BrClNO. The summed E-state index contributed by atoms with van der Waals surface area (Å²) >= 11 is 3.55. The number of fused-ring (bicyclic) bond motifs is 1. The van der Waals surface area contributed by atoms with Crippen molar-refractivity contribution in [1.82, 2.24) is 4.90 Å². The number of halogens is 2. The molecule has 106 valence electrons. The SMILES string of the molecule is CN(C)C[C@H]1CCC[C@]12Cc1cc(Br)ccc1O2.Cl. The van der Waals surface area contributed by atoms with Crippen LogP contribution in [0.5, 0.6) is 5.75 Å². The molecule has 0 radical (unpaired) electrons. The van der Waals surface area contributed by atoms with Gasteiger partial charge in [0.2, 0.25) is 0 Å². The van der Waals surface area contributed by atoms with Crippen LogP contribution < -0.4 is 4.74 Å². The molecule has 1 spiro atoms. The first-order valence-electron chi connectivity index (χ1n) is 6.71. The summed E-state index contributed by atoms with van der Waals surface area (Å²) in [7, 11) is 4.31. The Morgan fingerprint density at radius 1 is 1.42 bits per heavy atom. The van der Waals surface area contributed by atoms with E-state index in [9.17, 15) is 0 Å². The van der Waals surface area contributed by atoms with Crippen molar-refractivity contribution in [2.45, 2.75) is 31.3 Å². The maximum absolute atomic E-state index is 6.38. The molecule has 19 heavy (non-hydrogen) atoms. The second kappa shape index (κ2) is 5.63. The summed E-state index contributed by atoms with van der Waals surface area (Å²) in [5.74, 6) is 1.77. The molecule has 3 rings (SSSR count). The minimum atomic E-state index is 0. The predicted octanol–water partition coefficient (Wildman–Crippen LogP) is 3.91. The lowest BCUT2D eigenvalue weighted by molar-refractivity contribution is 0.0408. The van der Waals surface area contributed by atoms with E-state index in [1.807, 2.05) is 0 Å². The molecule has 1 aliphatic heterocycles. The molecule has 0 N–H and O–H groups in total. The van der Waals surface area contributed by atoms with Crippen LogP contribution in [0.15, 0.2) is 22.7 Å². The Labute approximate surface area is 130 Å². The molecule has 0 bridgehead atoms. The Bertz CT molecular complexity index is 465. The molecule has 1 saturated carbocycles. The van der Waals surface area contributed by atoms with Crippen LogP contribution in [0.4, 0.5) is 0 Å². The molecule has 1 aromatic rings. The quantitative estimate of drug-likeness (QED) is 0.805. The number of hydrogen-bond donors (Lipinski definition) is 0. The smallest absolute Gasteiger partial charge is 0.123 e. The lowest BCUT2D eigenvalue weighted by Gasteiger charge is -2.32. The Morgan fingerprint density at radius 3 is 2.95 bits per heavy atom. The molecular weight excluding hydrogens is 326 g/mol. The number of nitrogens with zero attached hydrogens (tertiary/aromatic N) is 1. The first-order chi connectivity index (χ1) is 8.59. The van der Waals surface area contributed by atoms with Gasteiger partial charge in [-0.05, 0) is 57.1 Å². The van der Waals surface area contributed by atoms with Crippen LogP contribution in [0.1, 0.15) is 24.8 Å². The average molecular weight is 347 g/mol. The summed E-state index contributed by atoms with van der Waals surface area (Å²) in [6.07, 6.45) is 4.89. The standard InChI is InChI=1S/C15H20BrNO.ClH/c1-17(2)10-12-4-3-7-15(12)9-11-8-13(16)5-6-14(11)18-15;/h5-6,8,12H,3-4,7,9-10H2,1-2H3;1H/t12-,15+;/m1./s1. The Kier molecular flexibility index (Phi) is 4.49. The van der Waals surface area contributed by atoms with Crippen LogP contribution in [-0.2, 0) is 6.42 Å². The number of benzene rings is 1. The third kappa shape index (κ3) is 2.79. The zero-order valence-electron chi connectivity index (χ0n) is 11.5. The van der Waals surface area contributed by atoms with Crippen molar-refractivity contribution in [3.8, 4) is 5.75 Å². The molecule has 1 heterocycles. The van der Waals surface area contributed by atoms with Gasteiger partial charge in [-0.1, -0.05) is 15.9 Å². The number of ether oxygens (including phenoxy) is 1. The van der Waals surface area contributed by atoms with E-state index in [1.54, 1.807) is 0 Å². The van der Waals surface area contributed by atoms with Crippen molar-refractivity contribution in [1.29, 1.82) is 0 Å². The fraction of sp³-hybridized carbons (Fsp3) is 0.600. The maximum Gasteiger partial charge on any atom is 0.123 e. The van der Waals surface area contributed by atoms with Gasteiger partial charge in [0.25, 0.3) is 0 Å². The Morgan fingerprint density at radius 2 is 2.21 bits per heavy atom. The molecule has 0 amide bonds. The molecule has 2 nitrogen and oxygen atoms in total. The second-order valence-corrected chi connectivity index (χ2v) is 6.86. The maximum atomic E-state index is 6.38. The highest BCUT2D eigenvalue weighted by molar-refractivity contribution is 9.10. The molecule has 4 heteroatoms. The Balaban J connectivity index is 0.00000133. The molecule has 2 atom stereocenters. The summed E-state index contributed by atoms with van der Waals surface area (Å²) in [6, 6.07) is 6.40. The normalized spacial score (nSPS) is 28.3. The van der Waals surface area contributed by atoms with Gasteiger partial charge in [0, 0.05) is 23.4 Å².